The maximum Gasteiger partial charge on any atom is 0.129 e. The predicted octanol–water partition coefficient (Wildman–Crippen LogP) is 3.71. The number of para-hydroxylation sites is 1. The third-order valence-corrected chi connectivity index (χ3v) is 3.83. The van der Waals surface area contributed by atoms with E-state index in [1.54, 1.807) is 18.4 Å². The molecule has 0 radical (unpaired) electrons. The topological polar surface area (TPSA) is 34.1 Å². The minimum Gasteiger partial charge on any atom is -0.496 e. The Morgan fingerprint density at radius 3 is 2.95 bits per heavy atom. The number of ether oxygens (including phenoxy) is 1. The number of unbranched alkanes of at least 4 members (excludes halogenated alkanes) is 1. The van der Waals surface area contributed by atoms with E-state index < -0.39 is 0 Å². The van der Waals surface area contributed by atoms with E-state index in [0.717, 1.165) is 35.1 Å². The molecule has 4 heteroatoms. The van der Waals surface area contributed by atoms with Crippen LogP contribution in [0.25, 0.3) is 10.6 Å². The fraction of sp³-hybridized carbons (Fsp3) is 0.400. The molecule has 1 N–H and O–H groups in total. The van der Waals surface area contributed by atoms with Gasteiger partial charge in [-0.3, -0.25) is 0 Å². The second-order valence-electron chi connectivity index (χ2n) is 4.37. The minimum atomic E-state index is 0.839. The number of methoxy groups -OCH3 is 1. The van der Waals surface area contributed by atoms with Crippen molar-refractivity contribution in [2.45, 2.75) is 26.3 Å². The molecule has 0 aliphatic carbocycles. The van der Waals surface area contributed by atoms with Gasteiger partial charge in [0.1, 0.15) is 10.8 Å². The molecule has 3 nitrogen and oxygen atoms in total. The van der Waals surface area contributed by atoms with Gasteiger partial charge in [-0.1, -0.05) is 25.5 Å². The number of nitrogens with zero attached hydrogens (tertiary/aromatic N) is 1. The third-order valence-electron chi connectivity index (χ3n) is 2.90. The highest BCUT2D eigenvalue weighted by molar-refractivity contribution is 7.13. The zero-order chi connectivity index (χ0) is 13.5. The van der Waals surface area contributed by atoms with Crippen molar-refractivity contribution in [1.29, 1.82) is 0 Å². The first-order chi connectivity index (χ1) is 9.35. The lowest BCUT2D eigenvalue weighted by Crippen LogP contribution is -2.14. The van der Waals surface area contributed by atoms with Crippen LogP contribution in [0.2, 0.25) is 0 Å². The van der Waals surface area contributed by atoms with Crippen molar-refractivity contribution in [2.75, 3.05) is 13.7 Å². The third kappa shape index (κ3) is 3.78. The first-order valence-electron chi connectivity index (χ1n) is 6.63. The first-order valence-corrected chi connectivity index (χ1v) is 7.51. The highest BCUT2D eigenvalue weighted by atomic mass is 32.1. The summed E-state index contributed by atoms with van der Waals surface area (Å²) < 4.78 is 5.37. The molecule has 1 aromatic heterocycles. The van der Waals surface area contributed by atoms with Crippen molar-refractivity contribution >= 4 is 11.3 Å². The lowest BCUT2D eigenvalue weighted by atomic mass is 10.2. The Kier molecular flexibility index (Phi) is 5.36. The SMILES string of the molecule is CCCCNCc1csc(-c2ccccc2OC)n1. The average Bonchev–Trinajstić information content (AvgIpc) is 2.92. The van der Waals surface area contributed by atoms with Gasteiger partial charge in [0, 0.05) is 11.9 Å². The minimum absolute atomic E-state index is 0.839. The van der Waals surface area contributed by atoms with Crippen LogP contribution >= 0.6 is 11.3 Å². The van der Waals surface area contributed by atoms with Crippen LogP contribution in [0.3, 0.4) is 0 Å². The molecule has 0 fully saturated rings. The summed E-state index contributed by atoms with van der Waals surface area (Å²) >= 11 is 1.66. The van der Waals surface area contributed by atoms with Crippen molar-refractivity contribution < 1.29 is 4.74 Å². The number of hydrogen-bond donors (Lipinski definition) is 1. The molecule has 0 amide bonds. The molecular formula is C15H20N2OS. The summed E-state index contributed by atoms with van der Waals surface area (Å²) in [7, 11) is 1.69. The van der Waals surface area contributed by atoms with E-state index >= 15 is 0 Å². The Morgan fingerprint density at radius 1 is 1.32 bits per heavy atom. The molecule has 0 saturated carbocycles. The average molecular weight is 276 g/mol. The van der Waals surface area contributed by atoms with Gasteiger partial charge >= 0.3 is 0 Å². The highest BCUT2D eigenvalue weighted by Crippen LogP contribution is 2.31. The number of benzene rings is 1. The fourth-order valence-electron chi connectivity index (χ4n) is 1.85. The Morgan fingerprint density at radius 2 is 2.16 bits per heavy atom. The molecule has 0 atom stereocenters. The second-order valence-corrected chi connectivity index (χ2v) is 5.23. The van der Waals surface area contributed by atoms with E-state index in [1.165, 1.54) is 12.8 Å². The maximum atomic E-state index is 5.37. The number of hydrogen-bond acceptors (Lipinski definition) is 4. The molecule has 1 heterocycles. The van der Waals surface area contributed by atoms with Crippen molar-refractivity contribution in [3.8, 4) is 16.3 Å². The number of aromatic nitrogens is 1. The van der Waals surface area contributed by atoms with Gasteiger partial charge in [-0.2, -0.15) is 0 Å². The molecule has 0 spiro atoms. The fourth-order valence-corrected chi connectivity index (χ4v) is 2.70. The van der Waals surface area contributed by atoms with Gasteiger partial charge in [-0.15, -0.1) is 11.3 Å². The summed E-state index contributed by atoms with van der Waals surface area (Å²) in [5, 5.41) is 6.54. The maximum absolute atomic E-state index is 5.37. The monoisotopic (exact) mass is 276 g/mol. The molecule has 0 saturated heterocycles. The van der Waals surface area contributed by atoms with E-state index in [1.807, 2.05) is 24.3 Å². The van der Waals surface area contributed by atoms with Gasteiger partial charge in [0.15, 0.2) is 0 Å². The number of thiazole rings is 1. The van der Waals surface area contributed by atoms with Crippen molar-refractivity contribution in [3.63, 3.8) is 0 Å². The summed E-state index contributed by atoms with van der Waals surface area (Å²) in [6, 6.07) is 8.00. The molecule has 0 aliphatic rings. The molecule has 102 valence electrons. The van der Waals surface area contributed by atoms with E-state index in [9.17, 15) is 0 Å². The smallest absolute Gasteiger partial charge is 0.129 e. The lowest BCUT2D eigenvalue weighted by molar-refractivity contribution is 0.416. The largest absolute Gasteiger partial charge is 0.496 e. The van der Waals surface area contributed by atoms with Crippen molar-refractivity contribution in [2.24, 2.45) is 0 Å². The summed E-state index contributed by atoms with van der Waals surface area (Å²) in [5.74, 6) is 0.877. The van der Waals surface area contributed by atoms with Gasteiger partial charge in [-0.05, 0) is 25.1 Å². The zero-order valence-electron chi connectivity index (χ0n) is 11.5. The Bertz CT molecular complexity index is 510. The van der Waals surface area contributed by atoms with E-state index in [4.69, 9.17) is 4.74 Å². The van der Waals surface area contributed by atoms with Crippen LogP contribution < -0.4 is 10.1 Å². The quantitative estimate of drug-likeness (QED) is 0.783. The van der Waals surface area contributed by atoms with Crippen LogP contribution in [0.4, 0.5) is 0 Å². The molecule has 0 unspecified atom stereocenters. The van der Waals surface area contributed by atoms with E-state index in [0.29, 0.717) is 0 Å². The zero-order valence-corrected chi connectivity index (χ0v) is 12.3. The molecule has 2 aromatic rings. The summed E-state index contributed by atoms with van der Waals surface area (Å²) in [6.45, 7) is 4.09. The van der Waals surface area contributed by atoms with E-state index in [-0.39, 0.29) is 0 Å². The number of nitrogens with one attached hydrogen (secondary N) is 1. The summed E-state index contributed by atoms with van der Waals surface area (Å²) in [4.78, 5) is 4.66. The molecule has 19 heavy (non-hydrogen) atoms. The molecule has 0 bridgehead atoms. The van der Waals surface area contributed by atoms with Gasteiger partial charge in [-0.25, -0.2) is 4.98 Å². The van der Waals surface area contributed by atoms with Crippen molar-refractivity contribution in [3.05, 3.63) is 35.3 Å². The highest BCUT2D eigenvalue weighted by Gasteiger charge is 2.09. The van der Waals surface area contributed by atoms with Gasteiger partial charge < -0.3 is 10.1 Å². The van der Waals surface area contributed by atoms with Gasteiger partial charge in [0.25, 0.3) is 0 Å². The lowest BCUT2D eigenvalue weighted by Gasteiger charge is -2.04. The summed E-state index contributed by atoms with van der Waals surface area (Å²) in [5.41, 5.74) is 2.16. The van der Waals surface area contributed by atoms with Crippen LogP contribution in [0.5, 0.6) is 5.75 Å². The van der Waals surface area contributed by atoms with E-state index in [2.05, 4.69) is 22.6 Å². The van der Waals surface area contributed by atoms with Gasteiger partial charge in [0.05, 0.1) is 18.4 Å². The second kappa shape index (κ2) is 7.26. The van der Waals surface area contributed by atoms with Crippen LogP contribution in [0.15, 0.2) is 29.6 Å². The normalized spacial score (nSPS) is 10.6. The predicted molar refractivity (Wildman–Crippen MR) is 80.7 cm³/mol. The molecule has 0 aliphatic heterocycles. The Balaban J connectivity index is 2.04. The van der Waals surface area contributed by atoms with Crippen molar-refractivity contribution in [1.82, 2.24) is 10.3 Å². The standard InChI is InChI=1S/C15H20N2OS/c1-3-4-9-16-10-12-11-19-15(17-12)13-7-5-6-8-14(13)18-2/h5-8,11,16H,3-4,9-10H2,1-2H3. The first kappa shape index (κ1) is 14.0. The van der Waals surface area contributed by atoms with Crippen LogP contribution in [-0.4, -0.2) is 18.6 Å². The van der Waals surface area contributed by atoms with Crippen LogP contribution in [0, 0.1) is 0 Å². The Hall–Kier alpha value is -1.39. The number of rotatable bonds is 7. The summed E-state index contributed by atoms with van der Waals surface area (Å²) in [6.07, 6.45) is 2.43. The molecule has 1 aromatic carbocycles. The Labute approximate surface area is 118 Å². The van der Waals surface area contributed by atoms with Crippen LogP contribution in [0.1, 0.15) is 25.5 Å². The van der Waals surface area contributed by atoms with Gasteiger partial charge in [0.2, 0.25) is 0 Å². The molecule has 2 rings (SSSR count). The molecular weight excluding hydrogens is 256 g/mol. The van der Waals surface area contributed by atoms with Crippen LogP contribution in [-0.2, 0) is 6.54 Å².